The number of hydrogen-bond donors (Lipinski definition) is 0. The average molecular weight is 481 g/mol. The first-order chi connectivity index (χ1) is 17.5. The molecule has 2 nitrogen and oxygen atoms in total. The summed E-state index contributed by atoms with van der Waals surface area (Å²) in [6.45, 7) is 19.1. The summed E-state index contributed by atoms with van der Waals surface area (Å²) < 4.78 is 2.33. The molecule has 1 fully saturated rings. The van der Waals surface area contributed by atoms with E-state index in [1.807, 2.05) is 33.9 Å². The number of fused-ring (bicyclic) bond motifs is 6. The summed E-state index contributed by atoms with van der Waals surface area (Å²) in [7, 11) is 0. The Kier molecular flexibility index (Phi) is 9.31. The number of rotatable bonds is 2. The highest BCUT2D eigenvalue weighted by Gasteiger charge is 2.29. The van der Waals surface area contributed by atoms with Crippen LogP contribution < -0.4 is 0 Å². The highest BCUT2D eigenvalue weighted by Crippen LogP contribution is 2.40. The Morgan fingerprint density at radius 1 is 0.806 bits per heavy atom. The van der Waals surface area contributed by atoms with Crippen molar-refractivity contribution in [2.45, 2.75) is 75.2 Å². The second-order valence-electron chi connectivity index (χ2n) is 9.52. The SMILES string of the molecule is CC.CC.CC[C@@H]1CC1C.Cc1ccc2c(c1)c1ccccc1c1ncc(-c3c(C)cccc3C)n21. The molecule has 2 aromatic heterocycles. The van der Waals surface area contributed by atoms with E-state index in [9.17, 15) is 0 Å². The lowest BCUT2D eigenvalue weighted by Gasteiger charge is -2.14. The summed E-state index contributed by atoms with van der Waals surface area (Å²) in [6, 6.07) is 21.7. The van der Waals surface area contributed by atoms with Crippen LogP contribution in [-0.4, -0.2) is 9.38 Å². The third-order valence-corrected chi connectivity index (χ3v) is 7.15. The molecule has 6 rings (SSSR count). The third-order valence-electron chi connectivity index (χ3n) is 7.15. The fourth-order valence-electron chi connectivity index (χ4n) is 5.12. The fourth-order valence-corrected chi connectivity index (χ4v) is 5.12. The Hall–Kier alpha value is -3.13. The molecule has 0 spiro atoms. The Bertz CT molecular complexity index is 1420. The zero-order valence-corrected chi connectivity index (χ0v) is 23.8. The maximum atomic E-state index is 4.84. The topological polar surface area (TPSA) is 17.3 Å². The van der Waals surface area contributed by atoms with Gasteiger partial charge in [-0.3, -0.25) is 4.40 Å². The third kappa shape index (κ3) is 5.33. The minimum atomic E-state index is 1.02. The van der Waals surface area contributed by atoms with Crippen LogP contribution >= 0.6 is 0 Å². The largest absolute Gasteiger partial charge is 0.292 e. The van der Waals surface area contributed by atoms with Crippen molar-refractivity contribution < 1.29 is 0 Å². The molecule has 1 unspecified atom stereocenters. The maximum absolute atomic E-state index is 4.84. The van der Waals surface area contributed by atoms with Crippen molar-refractivity contribution in [3.63, 3.8) is 0 Å². The average Bonchev–Trinajstić information content (AvgIpc) is 3.47. The van der Waals surface area contributed by atoms with E-state index in [0.29, 0.717) is 0 Å². The molecule has 0 amide bonds. The van der Waals surface area contributed by atoms with Gasteiger partial charge in [0.15, 0.2) is 0 Å². The van der Waals surface area contributed by atoms with Crippen LogP contribution in [0.15, 0.2) is 66.9 Å². The number of hydrogen-bond acceptors (Lipinski definition) is 1. The van der Waals surface area contributed by atoms with Gasteiger partial charge in [-0.1, -0.05) is 102 Å². The molecule has 1 aliphatic carbocycles. The first kappa shape index (κ1) is 27.5. The van der Waals surface area contributed by atoms with Crippen LogP contribution in [0.25, 0.3) is 38.6 Å². The molecule has 36 heavy (non-hydrogen) atoms. The summed E-state index contributed by atoms with van der Waals surface area (Å²) in [5, 5.41) is 3.74. The minimum absolute atomic E-state index is 1.02. The highest BCUT2D eigenvalue weighted by atomic mass is 15.0. The Labute approximate surface area is 218 Å². The van der Waals surface area contributed by atoms with Crippen molar-refractivity contribution in [1.82, 2.24) is 9.38 Å². The first-order valence-corrected chi connectivity index (χ1v) is 13.8. The van der Waals surface area contributed by atoms with Crippen molar-refractivity contribution in [3.05, 3.63) is 83.6 Å². The molecule has 190 valence electrons. The van der Waals surface area contributed by atoms with Gasteiger partial charge in [-0.2, -0.15) is 0 Å². The minimum Gasteiger partial charge on any atom is -0.292 e. The highest BCUT2D eigenvalue weighted by molar-refractivity contribution is 6.12. The lowest BCUT2D eigenvalue weighted by atomic mass is 9.99. The van der Waals surface area contributed by atoms with Crippen LogP contribution in [0, 0.1) is 32.6 Å². The molecule has 2 atom stereocenters. The number of pyridine rings is 1. The van der Waals surface area contributed by atoms with Gasteiger partial charge in [-0.25, -0.2) is 4.98 Å². The molecule has 0 bridgehead atoms. The lowest BCUT2D eigenvalue weighted by Crippen LogP contribution is -1.96. The van der Waals surface area contributed by atoms with Crippen LogP contribution in [0.4, 0.5) is 0 Å². The van der Waals surface area contributed by atoms with Crippen LogP contribution in [0.1, 0.15) is 71.1 Å². The Morgan fingerprint density at radius 2 is 1.42 bits per heavy atom. The molecule has 0 radical (unpaired) electrons. The quantitative estimate of drug-likeness (QED) is 0.230. The standard InChI is InChI=1S/C24H20N2.C6H12.2C2H6/c1-15-11-12-21-20(13-15)18-9-4-5-10-19(18)24-25-14-22(26(21)24)23-16(2)7-6-8-17(23)3;1-3-6-4-5(6)2;2*1-2/h4-14H,1-3H3;5-6H,3-4H2,1-2H3;2*1-2H3/t;5?,6-;;/m.1../s1. The van der Waals surface area contributed by atoms with Crippen LogP contribution in [0.3, 0.4) is 0 Å². The molecule has 1 saturated carbocycles. The van der Waals surface area contributed by atoms with Gasteiger partial charge in [0.05, 0.1) is 17.4 Å². The van der Waals surface area contributed by atoms with Crippen molar-refractivity contribution in [1.29, 1.82) is 0 Å². The van der Waals surface area contributed by atoms with E-state index < -0.39 is 0 Å². The van der Waals surface area contributed by atoms with E-state index in [2.05, 4.69) is 99.7 Å². The Morgan fingerprint density at radius 3 is 1.97 bits per heavy atom. The predicted octanol–water partition coefficient (Wildman–Crippen LogP) is 10.3. The fraction of sp³-hybridized carbons (Fsp3) is 0.382. The van der Waals surface area contributed by atoms with E-state index in [1.54, 1.807) is 0 Å². The zero-order valence-electron chi connectivity index (χ0n) is 23.8. The summed E-state index contributed by atoms with van der Waals surface area (Å²) in [6.07, 6.45) is 4.92. The number of imidazole rings is 1. The summed E-state index contributed by atoms with van der Waals surface area (Å²) in [5.74, 6) is 2.17. The van der Waals surface area contributed by atoms with E-state index in [1.165, 1.54) is 56.8 Å². The lowest BCUT2D eigenvalue weighted by molar-refractivity contribution is 0.724. The molecule has 0 N–H and O–H groups in total. The molecule has 3 aromatic carbocycles. The van der Waals surface area contributed by atoms with Crippen molar-refractivity contribution in [3.8, 4) is 11.3 Å². The summed E-state index contributed by atoms with van der Waals surface area (Å²) in [4.78, 5) is 4.84. The first-order valence-electron chi connectivity index (χ1n) is 13.8. The number of benzene rings is 3. The van der Waals surface area contributed by atoms with E-state index in [0.717, 1.165) is 23.2 Å². The van der Waals surface area contributed by atoms with Crippen LogP contribution in [0.2, 0.25) is 0 Å². The van der Waals surface area contributed by atoms with E-state index >= 15 is 0 Å². The number of aromatic nitrogens is 2. The second kappa shape index (κ2) is 12.2. The molecule has 0 aliphatic heterocycles. The van der Waals surface area contributed by atoms with Gasteiger partial charge in [-0.05, 0) is 67.7 Å². The van der Waals surface area contributed by atoms with Gasteiger partial charge in [-0.15, -0.1) is 0 Å². The van der Waals surface area contributed by atoms with Gasteiger partial charge in [0.25, 0.3) is 0 Å². The molecule has 2 heteroatoms. The molecule has 2 heterocycles. The molecule has 1 aliphatic rings. The van der Waals surface area contributed by atoms with Gasteiger partial charge >= 0.3 is 0 Å². The Balaban J connectivity index is 0.000000310. The van der Waals surface area contributed by atoms with E-state index in [4.69, 9.17) is 4.98 Å². The smallest absolute Gasteiger partial charge is 0.145 e. The van der Waals surface area contributed by atoms with Gasteiger partial charge in [0.1, 0.15) is 5.65 Å². The van der Waals surface area contributed by atoms with Crippen molar-refractivity contribution in [2.75, 3.05) is 0 Å². The van der Waals surface area contributed by atoms with Gasteiger partial charge in [0.2, 0.25) is 0 Å². The normalized spacial score (nSPS) is 15.9. The summed E-state index contributed by atoms with van der Waals surface area (Å²) >= 11 is 0. The number of aryl methyl sites for hydroxylation is 3. The zero-order chi connectivity index (χ0) is 26.4. The van der Waals surface area contributed by atoms with Gasteiger partial charge < -0.3 is 0 Å². The molecular weight excluding hydrogens is 436 g/mol. The van der Waals surface area contributed by atoms with Crippen LogP contribution in [0.5, 0.6) is 0 Å². The maximum Gasteiger partial charge on any atom is 0.145 e. The monoisotopic (exact) mass is 480 g/mol. The number of nitrogens with zero attached hydrogens (tertiary/aromatic N) is 2. The van der Waals surface area contributed by atoms with Crippen LogP contribution in [-0.2, 0) is 0 Å². The molecule has 5 aromatic rings. The van der Waals surface area contributed by atoms with Crippen molar-refractivity contribution >= 4 is 27.3 Å². The second-order valence-corrected chi connectivity index (χ2v) is 9.52. The predicted molar refractivity (Wildman–Crippen MR) is 160 cm³/mol. The summed E-state index contributed by atoms with van der Waals surface area (Å²) in [5.41, 5.74) is 8.50. The molecular formula is C34H44N2. The van der Waals surface area contributed by atoms with E-state index in [-0.39, 0.29) is 0 Å². The molecule has 0 saturated heterocycles. The van der Waals surface area contributed by atoms with Gasteiger partial charge in [0, 0.05) is 16.3 Å². The van der Waals surface area contributed by atoms with Crippen molar-refractivity contribution in [2.24, 2.45) is 11.8 Å².